The molecule has 0 bridgehead atoms. The topological polar surface area (TPSA) is 41.5 Å². The maximum absolute atomic E-state index is 5.88. The Morgan fingerprint density at radius 1 is 1.43 bits per heavy atom. The van der Waals surface area contributed by atoms with Crippen molar-refractivity contribution in [2.24, 2.45) is 5.92 Å². The maximum Gasteiger partial charge on any atom is 0.225 e. The highest BCUT2D eigenvalue weighted by atomic mass is 16.5. The molecule has 2 aliphatic heterocycles. The normalized spacial score (nSPS) is 28.9. The highest BCUT2D eigenvalue weighted by Gasteiger charge is 2.45. The molecule has 3 aliphatic rings. The van der Waals surface area contributed by atoms with E-state index in [2.05, 4.69) is 9.88 Å². The van der Waals surface area contributed by atoms with Crippen LogP contribution in [0.1, 0.15) is 30.5 Å². The van der Waals surface area contributed by atoms with Crippen molar-refractivity contribution in [3.63, 3.8) is 0 Å². The van der Waals surface area contributed by atoms with Gasteiger partial charge in [0.1, 0.15) is 0 Å². The second-order valence-corrected chi connectivity index (χ2v) is 7.14. The molecule has 0 radical (unpaired) electrons. The van der Waals surface area contributed by atoms with Gasteiger partial charge in [0.2, 0.25) is 5.95 Å². The third-order valence-corrected chi connectivity index (χ3v) is 5.04. The molecule has 1 aromatic rings. The molecule has 0 unspecified atom stereocenters. The minimum atomic E-state index is 0.0934. The lowest BCUT2D eigenvalue weighted by molar-refractivity contribution is 0.0504. The van der Waals surface area contributed by atoms with E-state index in [1.54, 1.807) is 0 Å². The molecular formula is C16H24N4O. The molecule has 114 valence electrons. The quantitative estimate of drug-likeness (QED) is 0.841. The van der Waals surface area contributed by atoms with Crippen LogP contribution < -0.4 is 4.90 Å². The van der Waals surface area contributed by atoms with Crippen LogP contribution in [-0.4, -0.2) is 55.2 Å². The van der Waals surface area contributed by atoms with Crippen LogP contribution in [0.15, 0.2) is 6.20 Å². The number of fused-ring (bicyclic) bond motifs is 2. The average molecular weight is 288 g/mol. The van der Waals surface area contributed by atoms with E-state index in [-0.39, 0.29) is 5.41 Å². The fourth-order valence-corrected chi connectivity index (χ4v) is 3.69. The van der Waals surface area contributed by atoms with Gasteiger partial charge in [0.25, 0.3) is 0 Å². The van der Waals surface area contributed by atoms with E-state index in [0.717, 1.165) is 31.4 Å². The summed E-state index contributed by atoms with van der Waals surface area (Å²) in [5, 5.41) is 0. The molecule has 1 saturated heterocycles. The highest BCUT2D eigenvalue weighted by molar-refractivity contribution is 5.37. The summed E-state index contributed by atoms with van der Waals surface area (Å²) < 4.78 is 5.88. The molecule has 5 heteroatoms. The van der Waals surface area contributed by atoms with Crippen molar-refractivity contribution in [2.75, 3.05) is 45.2 Å². The molecule has 4 rings (SSSR count). The van der Waals surface area contributed by atoms with Crippen molar-refractivity contribution in [3.8, 4) is 0 Å². The van der Waals surface area contributed by atoms with Gasteiger partial charge in [-0.15, -0.1) is 0 Å². The number of anilines is 1. The third kappa shape index (κ3) is 2.42. The van der Waals surface area contributed by atoms with Crippen molar-refractivity contribution >= 4 is 5.95 Å². The first-order valence-corrected chi connectivity index (χ1v) is 8.00. The Balaban J connectivity index is 1.64. The van der Waals surface area contributed by atoms with Gasteiger partial charge in [0, 0.05) is 38.9 Å². The largest absolute Gasteiger partial charge is 0.376 e. The summed E-state index contributed by atoms with van der Waals surface area (Å²) in [4.78, 5) is 13.9. The Kier molecular flexibility index (Phi) is 3.15. The maximum atomic E-state index is 5.88. The zero-order chi connectivity index (χ0) is 14.4. The van der Waals surface area contributed by atoms with Crippen LogP contribution in [-0.2, 0) is 16.8 Å². The van der Waals surface area contributed by atoms with E-state index in [4.69, 9.17) is 9.72 Å². The first-order valence-electron chi connectivity index (χ1n) is 8.00. The Hall–Kier alpha value is -1.20. The first kappa shape index (κ1) is 13.5. The number of rotatable bonds is 3. The number of nitrogens with zero attached hydrogens (tertiary/aromatic N) is 4. The van der Waals surface area contributed by atoms with E-state index >= 15 is 0 Å². The first-order chi connectivity index (χ1) is 10.2. The van der Waals surface area contributed by atoms with Gasteiger partial charge < -0.3 is 14.5 Å². The van der Waals surface area contributed by atoms with Gasteiger partial charge in [0.15, 0.2) is 0 Å². The standard InChI is InChI=1S/C16H24N4O/c1-19(2)15-17-7-13-9-21-11-16(14(13)18-15)5-6-20(10-16)8-12-3-4-12/h7,12H,3-6,8-11H2,1-2H3/t16-/m0/s1. The van der Waals surface area contributed by atoms with Gasteiger partial charge >= 0.3 is 0 Å². The number of ether oxygens (including phenoxy) is 1. The third-order valence-electron chi connectivity index (χ3n) is 5.04. The van der Waals surface area contributed by atoms with E-state index in [0.29, 0.717) is 6.61 Å². The minimum absolute atomic E-state index is 0.0934. The van der Waals surface area contributed by atoms with E-state index in [1.807, 2.05) is 25.2 Å². The predicted molar refractivity (Wildman–Crippen MR) is 81.5 cm³/mol. The van der Waals surface area contributed by atoms with Crippen LogP contribution in [0, 0.1) is 5.92 Å². The van der Waals surface area contributed by atoms with Crippen molar-refractivity contribution in [3.05, 3.63) is 17.5 Å². The molecular weight excluding hydrogens is 264 g/mol. The van der Waals surface area contributed by atoms with Crippen LogP contribution in [0.25, 0.3) is 0 Å². The van der Waals surface area contributed by atoms with Crippen molar-refractivity contribution in [1.82, 2.24) is 14.9 Å². The Morgan fingerprint density at radius 3 is 3.05 bits per heavy atom. The van der Waals surface area contributed by atoms with Crippen LogP contribution >= 0.6 is 0 Å². The predicted octanol–water partition coefficient (Wildman–Crippen LogP) is 1.43. The number of hydrogen-bond acceptors (Lipinski definition) is 5. The minimum Gasteiger partial charge on any atom is -0.376 e. The van der Waals surface area contributed by atoms with Gasteiger partial charge in [0.05, 0.1) is 24.3 Å². The zero-order valence-corrected chi connectivity index (χ0v) is 13.0. The molecule has 0 aromatic carbocycles. The summed E-state index contributed by atoms with van der Waals surface area (Å²) in [6, 6.07) is 0. The van der Waals surface area contributed by atoms with Crippen LogP contribution in [0.4, 0.5) is 5.95 Å². The van der Waals surface area contributed by atoms with Crippen molar-refractivity contribution in [1.29, 1.82) is 0 Å². The summed E-state index contributed by atoms with van der Waals surface area (Å²) in [7, 11) is 4.00. The molecule has 0 N–H and O–H groups in total. The number of aromatic nitrogens is 2. The second-order valence-electron chi connectivity index (χ2n) is 7.14. The lowest BCUT2D eigenvalue weighted by Crippen LogP contribution is -2.41. The smallest absolute Gasteiger partial charge is 0.225 e. The van der Waals surface area contributed by atoms with Gasteiger partial charge in [-0.25, -0.2) is 9.97 Å². The molecule has 1 atom stereocenters. The highest BCUT2D eigenvalue weighted by Crippen LogP contribution is 2.41. The summed E-state index contributed by atoms with van der Waals surface area (Å²) in [5.74, 6) is 1.77. The number of hydrogen-bond donors (Lipinski definition) is 0. The fourth-order valence-electron chi connectivity index (χ4n) is 3.69. The Labute approximate surface area is 126 Å². The molecule has 2 fully saturated rings. The molecule has 1 aliphatic carbocycles. The second kappa shape index (κ2) is 4.92. The van der Waals surface area contributed by atoms with Crippen molar-refractivity contribution < 1.29 is 4.74 Å². The Bertz CT molecular complexity index is 543. The molecule has 1 aromatic heterocycles. The van der Waals surface area contributed by atoms with E-state index < -0.39 is 0 Å². The Morgan fingerprint density at radius 2 is 2.29 bits per heavy atom. The van der Waals surface area contributed by atoms with Gasteiger partial charge in [-0.2, -0.15) is 0 Å². The summed E-state index contributed by atoms with van der Waals surface area (Å²) in [5.41, 5.74) is 2.52. The molecule has 3 heterocycles. The number of likely N-dealkylation sites (tertiary alicyclic amines) is 1. The van der Waals surface area contributed by atoms with Crippen LogP contribution in [0.2, 0.25) is 0 Å². The molecule has 1 spiro atoms. The SMILES string of the molecule is CN(C)c1ncc2c(n1)[C@]1(CCN(CC3CC3)C1)COC2. The van der Waals surface area contributed by atoms with Crippen LogP contribution in [0.3, 0.4) is 0 Å². The van der Waals surface area contributed by atoms with Gasteiger partial charge in [-0.1, -0.05) is 0 Å². The summed E-state index contributed by atoms with van der Waals surface area (Å²) >= 11 is 0. The van der Waals surface area contributed by atoms with Crippen molar-refractivity contribution in [2.45, 2.75) is 31.3 Å². The lowest BCUT2D eigenvalue weighted by Gasteiger charge is -2.34. The zero-order valence-electron chi connectivity index (χ0n) is 13.0. The van der Waals surface area contributed by atoms with Gasteiger partial charge in [-0.3, -0.25) is 0 Å². The van der Waals surface area contributed by atoms with E-state index in [9.17, 15) is 0 Å². The molecule has 5 nitrogen and oxygen atoms in total. The fraction of sp³-hybridized carbons (Fsp3) is 0.750. The van der Waals surface area contributed by atoms with Gasteiger partial charge in [-0.05, 0) is 31.7 Å². The average Bonchev–Trinajstić information content (AvgIpc) is 3.20. The summed E-state index contributed by atoms with van der Waals surface area (Å²) in [6.07, 6.45) is 5.96. The molecule has 1 saturated carbocycles. The van der Waals surface area contributed by atoms with Crippen LogP contribution in [0.5, 0.6) is 0 Å². The van der Waals surface area contributed by atoms with E-state index in [1.165, 1.54) is 37.2 Å². The summed E-state index contributed by atoms with van der Waals surface area (Å²) in [6.45, 7) is 5.02. The lowest BCUT2D eigenvalue weighted by atomic mass is 9.80. The molecule has 21 heavy (non-hydrogen) atoms. The monoisotopic (exact) mass is 288 g/mol. The molecule has 0 amide bonds.